The number of hydrogen-bond acceptors (Lipinski definition) is 6. The predicted molar refractivity (Wildman–Crippen MR) is 72.1 cm³/mol. The highest BCUT2D eigenvalue weighted by molar-refractivity contribution is 5.94. The summed E-state index contributed by atoms with van der Waals surface area (Å²) in [5.41, 5.74) is 6.07. The van der Waals surface area contributed by atoms with Crippen LogP contribution in [-0.4, -0.2) is 49.7 Å². The molecule has 0 saturated heterocycles. The lowest BCUT2D eigenvalue weighted by atomic mass is 10.3. The summed E-state index contributed by atoms with van der Waals surface area (Å²) in [7, 11) is 5.16. The monoisotopic (exact) mass is 275 g/mol. The fraction of sp³-hybridized carbons (Fsp3) is 0.500. The largest absolute Gasteiger partial charge is 0.383 e. The molecule has 102 valence electrons. The van der Waals surface area contributed by atoms with Gasteiger partial charge < -0.3 is 20.7 Å². The summed E-state index contributed by atoms with van der Waals surface area (Å²) in [5.74, 6) is 0.247. The third kappa shape index (κ3) is 4.82. The minimum absolute atomic E-state index is 0. The lowest BCUT2D eigenvalue weighted by molar-refractivity contribution is -0.118. The number of halogens is 1. The molecule has 0 spiro atoms. The standard InChI is InChI=1S/C10H17N5O2.ClH/c1-15(2)10-12-4-7(5-13-10)14-9(16)8(11)6-17-3;/h4-5,8H,6,11H2,1-3H3,(H,14,16);1H. The second-order valence-corrected chi connectivity index (χ2v) is 3.72. The molecule has 18 heavy (non-hydrogen) atoms. The maximum atomic E-state index is 11.5. The Morgan fingerprint density at radius 2 is 2.06 bits per heavy atom. The van der Waals surface area contributed by atoms with Crippen LogP contribution in [0.4, 0.5) is 11.6 Å². The first-order valence-corrected chi connectivity index (χ1v) is 5.09. The van der Waals surface area contributed by atoms with Crippen molar-refractivity contribution >= 4 is 29.9 Å². The highest BCUT2D eigenvalue weighted by Gasteiger charge is 2.13. The minimum Gasteiger partial charge on any atom is -0.383 e. The van der Waals surface area contributed by atoms with Gasteiger partial charge in [0.2, 0.25) is 11.9 Å². The van der Waals surface area contributed by atoms with E-state index in [0.717, 1.165) is 0 Å². The lowest BCUT2D eigenvalue weighted by Crippen LogP contribution is -2.39. The van der Waals surface area contributed by atoms with Gasteiger partial charge in [-0.2, -0.15) is 0 Å². The fourth-order valence-corrected chi connectivity index (χ4v) is 1.11. The highest BCUT2D eigenvalue weighted by Crippen LogP contribution is 2.07. The van der Waals surface area contributed by atoms with Crippen LogP contribution in [0.15, 0.2) is 12.4 Å². The van der Waals surface area contributed by atoms with Gasteiger partial charge in [0.1, 0.15) is 6.04 Å². The number of amides is 1. The number of anilines is 2. The number of methoxy groups -OCH3 is 1. The van der Waals surface area contributed by atoms with Crippen LogP contribution in [0.2, 0.25) is 0 Å². The zero-order valence-electron chi connectivity index (χ0n) is 10.6. The molecule has 7 nitrogen and oxygen atoms in total. The molecule has 0 fully saturated rings. The number of nitrogens with one attached hydrogen (secondary N) is 1. The van der Waals surface area contributed by atoms with Crippen LogP contribution in [0, 0.1) is 0 Å². The molecule has 0 aliphatic heterocycles. The van der Waals surface area contributed by atoms with Crippen molar-refractivity contribution in [1.82, 2.24) is 9.97 Å². The number of carbonyl (C=O) groups excluding carboxylic acids is 1. The molecule has 1 rings (SSSR count). The van der Waals surface area contributed by atoms with E-state index in [9.17, 15) is 4.79 Å². The van der Waals surface area contributed by atoms with Gasteiger partial charge in [0.25, 0.3) is 0 Å². The zero-order valence-corrected chi connectivity index (χ0v) is 11.4. The number of rotatable bonds is 5. The van der Waals surface area contributed by atoms with Crippen LogP contribution in [0.25, 0.3) is 0 Å². The van der Waals surface area contributed by atoms with Gasteiger partial charge in [-0.25, -0.2) is 9.97 Å². The van der Waals surface area contributed by atoms with Crippen LogP contribution >= 0.6 is 12.4 Å². The minimum atomic E-state index is -0.700. The predicted octanol–water partition coefficient (Wildman–Crippen LogP) is -0.123. The fourth-order valence-electron chi connectivity index (χ4n) is 1.11. The molecule has 8 heteroatoms. The van der Waals surface area contributed by atoms with Gasteiger partial charge in [-0.05, 0) is 0 Å². The van der Waals surface area contributed by atoms with E-state index in [2.05, 4.69) is 15.3 Å². The Hall–Kier alpha value is -1.44. The number of ether oxygens (including phenoxy) is 1. The maximum absolute atomic E-state index is 11.5. The first-order chi connectivity index (χ1) is 8.04. The SMILES string of the molecule is COCC(N)C(=O)Nc1cnc(N(C)C)nc1.Cl. The van der Waals surface area contributed by atoms with Crippen molar-refractivity contribution in [3.63, 3.8) is 0 Å². The molecule has 1 aromatic heterocycles. The Labute approximate surface area is 112 Å². The van der Waals surface area contributed by atoms with Crippen LogP contribution in [0.3, 0.4) is 0 Å². The normalized spacial score (nSPS) is 11.3. The Morgan fingerprint density at radius 1 is 1.50 bits per heavy atom. The number of hydrogen-bond donors (Lipinski definition) is 2. The summed E-state index contributed by atoms with van der Waals surface area (Å²) < 4.78 is 4.79. The molecule has 3 N–H and O–H groups in total. The third-order valence-electron chi connectivity index (χ3n) is 1.99. The van der Waals surface area contributed by atoms with Crippen molar-refractivity contribution in [2.24, 2.45) is 5.73 Å². The van der Waals surface area contributed by atoms with E-state index in [4.69, 9.17) is 10.5 Å². The molecule has 0 aliphatic rings. The summed E-state index contributed by atoms with van der Waals surface area (Å²) in [5, 5.41) is 2.61. The summed E-state index contributed by atoms with van der Waals surface area (Å²) in [6, 6.07) is -0.700. The molecule has 0 aromatic carbocycles. The molecule has 1 unspecified atom stereocenters. The van der Waals surface area contributed by atoms with Crippen LogP contribution in [0.1, 0.15) is 0 Å². The van der Waals surface area contributed by atoms with Crippen LogP contribution < -0.4 is 16.0 Å². The lowest BCUT2D eigenvalue weighted by Gasteiger charge is -2.12. The van der Waals surface area contributed by atoms with Gasteiger partial charge in [-0.15, -0.1) is 12.4 Å². The number of nitrogens with zero attached hydrogens (tertiary/aromatic N) is 3. The van der Waals surface area contributed by atoms with Crippen molar-refractivity contribution in [1.29, 1.82) is 0 Å². The maximum Gasteiger partial charge on any atom is 0.243 e. The summed E-state index contributed by atoms with van der Waals surface area (Å²) in [6.45, 7) is 0.169. The van der Waals surface area contributed by atoms with Crippen molar-refractivity contribution in [3.8, 4) is 0 Å². The molecule has 0 radical (unpaired) electrons. The van der Waals surface area contributed by atoms with E-state index in [1.165, 1.54) is 19.5 Å². The van der Waals surface area contributed by atoms with Crippen molar-refractivity contribution < 1.29 is 9.53 Å². The Bertz CT molecular complexity index is 371. The van der Waals surface area contributed by atoms with Gasteiger partial charge in [-0.1, -0.05) is 0 Å². The highest BCUT2D eigenvalue weighted by atomic mass is 35.5. The second kappa shape index (κ2) is 7.80. The van der Waals surface area contributed by atoms with Gasteiger partial charge in [0, 0.05) is 21.2 Å². The first kappa shape index (κ1) is 16.6. The van der Waals surface area contributed by atoms with E-state index >= 15 is 0 Å². The number of nitrogens with two attached hydrogens (primary N) is 1. The summed E-state index contributed by atoms with van der Waals surface area (Å²) in [6.07, 6.45) is 3.06. The molecule has 1 amide bonds. The average Bonchev–Trinajstić information content (AvgIpc) is 2.30. The molecule has 0 saturated carbocycles. The topological polar surface area (TPSA) is 93.4 Å². The van der Waals surface area contributed by atoms with E-state index in [-0.39, 0.29) is 24.9 Å². The molecular weight excluding hydrogens is 258 g/mol. The summed E-state index contributed by atoms with van der Waals surface area (Å²) in [4.78, 5) is 21.4. The van der Waals surface area contributed by atoms with Crippen molar-refractivity contribution in [2.75, 3.05) is 38.0 Å². The molecule has 0 bridgehead atoms. The van der Waals surface area contributed by atoms with E-state index in [1.807, 2.05) is 14.1 Å². The van der Waals surface area contributed by atoms with Crippen LogP contribution in [-0.2, 0) is 9.53 Å². The number of aromatic nitrogens is 2. The van der Waals surface area contributed by atoms with Crippen molar-refractivity contribution in [3.05, 3.63) is 12.4 Å². The Balaban J connectivity index is 0.00000289. The van der Waals surface area contributed by atoms with Crippen LogP contribution in [0.5, 0.6) is 0 Å². The number of carbonyl (C=O) groups is 1. The second-order valence-electron chi connectivity index (χ2n) is 3.72. The Morgan fingerprint density at radius 3 is 2.50 bits per heavy atom. The molecule has 0 aliphatic carbocycles. The quantitative estimate of drug-likeness (QED) is 0.778. The molecular formula is C10H18ClN5O2. The smallest absolute Gasteiger partial charge is 0.243 e. The van der Waals surface area contributed by atoms with E-state index < -0.39 is 6.04 Å². The summed E-state index contributed by atoms with van der Waals surface area (Å²) >= 11 is 0. The first-order valence-electron chi connectivity index (χ1n) is 5.09. The van der Waals surface area contributed by atoms with Gasteiger partial charge in [0.15, 0.2) is 0 Å². The average molecular weight is 276 g/mol. The van der Waals surface area contributed by atoms with E-state index in [0.29, 0.717) is 11.6 Å². The van der Waals surface area contributed by atoms with Gasteiger partial charge >= 0.3 is 0 Å². The van der Waals surface area contributed by atoms with Gasteiger partial charge in [-0.3, -0.25) is 4.79 Å². The van der Waals surface area contributed by atoms with Gasteiger partial charge in [0.05, 0.1) is 24.7 Å². The zero-order chi connectivity index (χ0) is 12.8. The third-order valence-corrected chi connectivity index (χ3v) is 1.99. The molecule has 1 heterocycles. The van der Waals surface area contributed by atoms with E-state index in [1.54, 1.807) is 4.90 Å². The van der Waals surface area contributed by atoms with Crippen molar-refractivity contribution in [2.45, 2.75) is 6.04 Å². The molecule has 1 atom stereocenters. The Kier molecular flexibility index (Phi) is 7.18. The molecule has 1 aromatic rings.